The van der Waals surface area contributed by atoms with Crippen LogP contribution in [-0.2, 0) is 81.4 Å². The maximum Gasteiger partial charge on any atom is 0.573 e. The van der Waals surface area contributed by atoms with Crippen LogP contribution >= 0.6 is 56.7 Å². The highest BCUT2D eigenvalue weighted by atomic mass is 32.1. The molecule has 123 heavy (non-hydrogen) atoms. The van der Waals surface area contributed by atoms with E-state index in [1.165, 1.54) is 80.1 Å². The number of thiophene rings is 5. The molecule has 10 amide bonds. The van der Waals surface area contributed by atoms with Gasteiger partial charge in [0.15, 0.2) is 0 Å². The zero-order valence-corrected chi connectivity index (χ0v) is 70.5. The summed E-state index contributed by atoms with van der Waals surface area (Å²) in [5, 5.41) is 24.4. The summed E-state index contributed by atoms with van der Waals surface area (Å²) >= 11 is 6.82. The number of hydrogen-bond acceptors (Lipinski definition) is 17. The molecule has 14 rings (SSSR count). The van der Waals surface area contributed by atoms with E-state index in [1.54, 1.807) is 24.3 Å². The normalized spacial score (nSPS) is 14.0. The molecule has 0 radical (unpaired) electrons. The summed E-state index contributed by atoms with van der Waals surface area (Å²) in [6.45, 7) is 2.11. The van der Waals surface area contributed by atoms with Crippen LogP contribution in [-0.4, -0.2) is 65.4 Å². The van der Waals surface area contributed by atoms with Crippen LogP contribution in [0.25, 0.3) is 0 Å². The van der Waals surface area contributed by atoms with Crippen molar-refractivity contribution in [3.8, 4) is 11.8 Å². The Labute approximate surface area is 720 Å². The van der Waals surface area contributed by atoms with Gasteiger partial charge in [0.25, 0.3) is 53.2 Å². The number of halogens is 10. The van der Waals surface area contributed by atoms with Crippen molar-refractivity contribution >= 4 is 141 Å². The van der Waals surface area contributed by atoms with Gasteiger partial charge >= 0.3 is 18.7 Å². The first-order chi connectivity index (χ1) is 58.4. The molecule has 0 aliphatic heterocycles. The highest BCUT2D eigenvalue weighted by Crippen LogP contribution is 2.44. The number of carbonyl (C=O) groups is 10. The van der Waals surface area contributed by atoms with Crippen molar-refractivity contribution in [1.29, 1.82) is 5.26 Å². The third-order valence-corrected chi connectivity index (χ3v) is 26.7. The fraction of sp³-hybridized carbons (Fsp3) is 0.360. The van der Waals surface area contributed by atoms with Crippen molar-refractivity contribution in [2.24, 2.45) is 28.7 Å². The first-order valence-electron chi connectivity index (χ1n) is 39.6. The molecule has 0 saturated heterocycles. The monoisotopic (exact) mass is 1800 g/mol. The highest BCUT2D eigenvalue weighted by molar-refractivity contribution is 7.18. The van der Waals surface area contributed by atoms with E-state index in [0.717, 1.165) is 244 Å². The number of rotatable bonds is 19. The van der Waals surface area contributed by atoms with Gasteiger partial charge in [0.05, 0.1) is 56.1 Å². The van der Waals surface area contributed by atoms with Crippen molar-refractivity contribution in [3.05, 3.63) is 216 Å². The van der Waals surface area contributed by atoms with Gasteiger partial charge in [-0.3, -0.25) is 47.9 Å². The van der Waals surface area contributed by atoms with E-state index in [0.29, 0.717) is 72.3 Å². The predicted octanol–water partition coefficient (Wildman–Crippen LogP) is 19.3. The van der Waals surface area contributed by atoms with Crippen LogP contribution in [0.1, 0.15) is 278 Å². The molecule has 5 aliphatic carbocycles. The summed E-state index contributed by atoms with van der Waals surface area (Å²) in [5.41, 5.74) is 32.6. The largest absolute Gasteiger partial charge is 0.573 e. The Morgan fingerprint density at radius 2 is 0.683 bits per heavy atom. The second-order valence-corrected chi connectivity index (χ2v) is 34.8. The van der Waals surface area contributed by atoms with Crippen LogP contribution in [0.4, 0.5) is 68.9 Å². The molecule has 9 aromatic rings. The van der Waals surface area contributed by atoms with Gasteiger partial charge in [0, 0.05) is 47.5 Å². The number of nitrogens with one attached hydrogen (secondary N) is 5. The average molecular weight is 1800 g/mol. The molecule has 0 bridgehead atoms. The summed E-state index contributed by atoms with van der Waals surface area (Å²) in [4.78, 5) is 126. The van der Waals surface area contributed by atoms with Gasteiger partial charge in [-0.2, -0.15) is 31.6 Å². The van der Waals surface area contributed by atoms with E-state index in [9.17, 15) is 91.8 Å². The summed E-state index contributed by atoms with van der Waals surface area (Å²) in [6, 6.07) is 18.5. The number of hydrogen-bond donors (Lipinski definition) is 10. The summed E-state index contributed by atoms with van der Waals surface area (Å²) in [6.07, 6.45) is 11.5. The van der Waals surface area contributed by atoms with E-state index in [4.69, 9.17) is 33.9 Å². The van der Waals surface area contributed by atoms with E-state index >= 15 is 0 Å². The fourth-order valence-electron chi connectivity index (χ4n) is 14.7. The van der Waals surface area contributed by atoms with Crippen molar-refractivity contribution in [2.75, 3.05) is 26.6 Å². The Morgan fingerprint density at radius 3 is 1.00 bits per heavy atom. The number of nitrogens with two attached hydrogens (primary N) is 5. The van der Waals surface area contributed by atoms with Crippen molar-refractivity contribution in [1.82, 2.24) is 0 Å². The number of nitriles is 1. The van der Waals surface area contributed by atoms with Gasteiger partial charge in [-0.1, -0.05) is 45.4 Å². The molecule has 15 N–H and O–H groups in total. The first-order valence-corrected chi connectivity index (χ1v) is 43.7. The summed E-state index contributed by atoms with van der Waals surface area (Å²) in [5.74, 6) is -6.90. The summed E-state index contributed by atoms with van der Waals surface area (Å²) in [7, 11) is 0. The molecule has 5 aliphatic rings. The third kappa shape index (κ3) is 24.8. The lowest BCUT2D eigenvalue weighted by molar-refractivity contribution is -0.274. The predicted molar refractivity (Wildman–Crippen MR) is 453 cm³/mol. The number of alkyl halides is 9. The molecular formula is C86H87F10N11O11S5. The zero-order valence-electron chi connectivity index (χ0n) is 66.4. The Bertz CT molecular complexity index is 5470. The quantitative estimate of drug-likeness (QED) is 0.0205. The van der Waals surface area contributed by atoms with Gasteiger partial charge in [-0.15, -0.1) is 69.9 Å². The van der Waals surface area contributed by atoms with Crippen molar-refractivity contribution in [2.45, 2.75) is 199 Å². The van der Waals surface area contributed by atoms with E-state index in [-0.39, 0.29) is 39.6 Å². The number of unbranched alkanes of at least 4 members (excludes halogenated alkanes) is 2. The van der Waals surface area contributed by atoms with Crippen LogP contribution < -0.4 is 60.0 Å². The maximum atomic E-state index is 13.9. The van der Waals surface area contributed by atoms with Crippen molar-refractivity contribution in [3.63, 3.8) is 0 Å². The van der Waals surface area contributed by atoms with Gasteiger partial charge in [0.1, 0.15) is 36.6 Å². The van der Waals surface area contributed by atoms with E-state index in [1.807, 2.05) is 6.07 Å². The minimum atomic E-state index is -4.80. The maximum absolute atomic E-state index is 13.9. The Hall–Kier alpha value is -11.3. The lowest BCUT2D eigenvalue weighted by atomic mass is 10.0. The number of benzene rings is 4. The van der Waals surface area contributed by atoms with Gasteiger partial charge in [-0.05, 0) is 247 Å². The minimum absolute atomic E-state index is 0.0117. The number of carbonyl (C=O) groups excluding carboxylic acids is 10. The molecular weight excluding hydrogens is 1710 g/mol. The molecule has 22 nitrogen and oxygen atoms in total. The number of primary amides is 5. The zero-order chi connectivity index (χ0) is 89.2. The number of ether oxygens (including phenoxy) is 1. The third-order valence-electron chi connectivity index (χ3n) is 20.6. The number of anilines is 5. The number of aryl methyl sites for hydroxylation is 5. The van der Waals surface area contributed by atoms with Crippen LogP contribution in [0.15, 0.2) is 91.0 Å². The number of amides is 10. The van der Waals surface area contributed by atoms with Crippen LogP contribution in [0, 0.1) is 17.1 Å². The average Bonchev–Trinajstić information content (AvgIpc) is 2.01. The molecule has 4 aromatic carbocycles. The fourth-order valence-corrected chi connectivity index (χ4v) is 21.2. The molecule has 0 unspecified atom stereocenters. The lowest BCUT2D eigenvalue weighted by Gasteiger charge is -2.10. The molecule has 0 saturated carbocycles. The van der Waals surface area contributed by atoms with Crippen LogP contribution in [0.5, 0.6) is 5.75 Å². The minimum Gasteiger partial charge on any atom is -0.406 e. The van der Waals surface area contributed by atoms with Gasteiger partial charge < -0.3 is 60.0 Å². The first kappa shape index (κ1) is 93.9. The molecule has 0 atom stereocenters. The molecule has 5 heterocycles. The van der Waals surface area contributed by atoms with E-state index in [2.05, 4.69) is 38.2 Å². The Morgan fingerprint density at radius 1 is 0.382 bits per heavy atom. The van der Waals surface area contributed by atoms with E-state index < -0.39 is 94.2 Å². The second kappa shape index (κ2) is 42.2. The molecule has 0 spiro atoms. The molecule has 37 heteroatoms. The Kier molecular flexibility index (Phi) is 32.2. The topological polar surface area (TPSA) is 394 Å². The lowest BCUT2D eigenvalue weighted by Crippen LogP contribution is -2.19. The molecule has 5 aromatic heterocycles. The number of nitrogens with zero attached hydrogens (tertiary/aromatic N) is 1. The second-order valence-electron chi connectivity index (χ2n) is 29.3. The van der Waals surface area contributed by atoms with Crippen LogP contribution in [0.2, 0.25) is 0 Å². The number of fused-ring (bicyclic) bond motifs is 5. The molecule has 0 fully saturated rings. The summed E-state index contributed by atoms with van der Waals surface area (Å²) < 4.78 is 130. The van der Waals surface area contributed by atoms with Gasteiger partial charge in [0.2, 0.25) is 5.91 Å². The SMILES string of the molecule is CCCCCC(=O)Nc1sc2c(c1C(N)=O)CCCCC2.N#Cc1ccc(C(=O)Nc2sc3c(c2C(N)=O)CCCCC3)cc1.NC(=O)c1c(NC(=O)c2ccc(C(F)(F)F)cc2)sc2c1CCCCC2.NC(=O)c1c(NC(=O)c2ccc(C(F)(F)F)cc2F)sc2c1CCC2.NC(=O)c1c(NC(=O)c2ccc(OC(F)(F)F)cc2)sc2c1CCCCC2. The van der Waals surface area contributed by atoms with Crippen molar-refractivity contribution < 1.29 is 96.6 Å². The van der Waals surface area contributed by atoms with Crippen LogP contribution in [0.3, 0.4) is 0 Å². The highest BCUT2D eigenvalue weighted by Gasteiger charge is 2.36. The molecule has 652 valence electrons. The standard InChI is InChI=1S/C18H17F3N2O3S.C18H17F3N2O2S.C18H17N3O2S.C16H12F4N2O2S.C16H24N2O2S/c19-18(20,21)26-11-8-6-10(7-9-11)16(25)23-17-14(15(22)24)12-4-2-1-3-5-13(12)27-17;19-18(20,21)11-8-6-10(7-9-11)16(25)23-17-14(15(22)24)12-4-2-1-3-5-13(12)26-17;19-10-11-6-8-12(9-7-11)17(23)21-18-15(16(20)22)13-4-2-1-3-5-14(13)24-18;17-10-6-7(16(18,19)20)4-5-8(10)14(24)22-15-12(13(21)23)9-2-1-3-11(9)25-15;1-2-3-5-10-13(19)18-16-14(15(17)20)11-8-6-4-7-9-12(11)21-16/h6-9H,1-5H2,(H2,22,24)(H,23,25);6-9H,1-5H2,(H2,22,24)(H,23,25);6-9H,1-5H2,(H2,20,22)(H,21,23);4-6H,1-3H2,(H2,21,23)(H,22,24);2-10H2,1H3,(H2,17,20)(H,18,19). The smallest absolute Gasteiger partial charge is 0.406 e. The Balaban J connectivity index is 0.000000161. The van der Waals surface area contributed by atoms with Gasteiger partial charge in [-0.25, -0.2) is 4.39 Å².